The van der Waals surface area contributed by atoms with E-state index in [9.17, 15) is 26.7 Å². The summed E-state index contributed by atoms with van der Waals surface area (Å²) in [5.74, 6) is -2.46. The van der Waals surface area contributed by atoms with E-state index in [1.807, 2.05) is 4.90 Å². The monoisotopic (exact) mass is 473 g/mol. The number of rotatable bonds is 3. The van der Waals surface area contributed by atoms with E-state index in [2.05, 4.69) is 10.1 Å². The highest BCUT2D eigenvalue weighted by molar-refractivity contribution is 6.36. The Hall–Kier alpha value is -2.79. The maximum absolute atomic E-state index is 13.9. The van der Waals surface area contributed by atoms with E-state index in [-0.39, 0.29) is 47.3 Å². The van der Waals surface area contributed by atoms with E-state index in [0.717, 1.165) is 12.1 Å². The Bertz CT molecular complexity index is 1190. The number of aryl methyl sites for hydroxylation is 1. The van der Waals surface area contributed by atoms with Gasteiger partial charge >= 0.3 is 6.18 Å². The second-order valence-electron chi connectivity index (χ2n) is 7.46. The van der Waals surface area contributed by atoms with Crippen LogP contribution in [0.2, 0.25) is 5.02 Å². The minimum atomic E-state index is -4.71. The molecule has 32 heavy (non-hydrogen) atoms. The first-order valence-electron chi connectivity index (χ1n) is 9.64. The molecule has 3 heterocycles. The Morgan fingerprint density at radius 2 is 1.84 bits per heavy atom. The van der Waals surface area contributed by atoms with Gasteiger partial charge in [-0.25, -0.2) is 18.3 Å². The lowest BCUT2D eigenvalue weighted by Gasteiger charge is -2.34. The number of carbonyl (C=O) groups is 1. The third-order valence-corrected chi connectivity index (χ3v) is 5.59. The van der Waals surface area contributed by atoms with E-state index >= 15 is 0 Å². The molecule has 0 saturated carbocycles. The number of benzene rings is 1. The zero-order valence-electron chi connectivity index (χ0n) is 16.8. The van der Waals surface area contributed by atoms with Gasteiger partial charge in [-0.3, -0.25) is 9.69 Å². The SMILES string of the molecule is Cc1cc(C(F)(F)F)n2nc(C(=O)N3CCN(Cc4cccc(F)c4F)CC3)c(Cl)c2n1. The lowest BCUT2D eigenvalue weighted by molar-refractivity contribution is -0.142. The average Bonchev–Trinajstić information content (AvgIpc) is 3.06. The first-order valence-corrected chi connectivity index (χ1v) is 10.0. The summed E-state index contributed by atoms with van der Waals surface area (Å²) < 4.78 is 68.0. The lowest BCUT2D eigenvalue weighted by Crippen LogP contribution is -2.48. The molecule has 0 bridgehead atoms. The molecule has 0 unspecified atom stereocenters. The van der Waals surface area contributed by atoms with E-state index < -0.39 is 29.4 Å². The lowest BCUT2D eigenvalue weighted by atomic mass is 10.1. The van der Waals surface area contributed by atoms with Gasteiger partial charge in [-0.2, -0.15) is 18.3 Å². The summed E-state index contributed by atoms with van der Waals surface area (Å²) in [6.45, 7) is 2.71. The Labute approximate surface area is 184 Å². The van der Waals surface area contributed by atoms with E-state index in [1.165, 1.54) is 24.0 Å². The van der Waals surface area contributed by atoms with Gasteiger partial charge < -0.3 is 4.90 Å². The second-order valence-corrected chi connectivity index (χ2v) is 7.84. The van der Waals surface area contributed by atoms with Crippen LogP contribution in [0.1, 0.15) is 27.4 Å². The maximum atomic E-state index is 13.9. The van der Waals surface area contributed by atoms with Gasteiger partial charge in [0.05, 0.1) is 0 Å². The Kier molecular flexibility index (Phi) is 5.80. The maximum Gasteiger partial charge on any atom is 0.433 e. The summed E-state index contributed by atoms with van der Waals surface area (Å²) in [6, 6.07) is 4.77. The van der Waals surface area contributed by atoms with Crippen molar-refractivity contribution in [1.29, 1.82) is 0 Å². The van der Waals surface area contributed by atoms with Gasteiger partial charge in [-0.05, 0) is 19.1 Å². The van der Waals surface area contributed by atoms with Crippen LogP contribution in [0.15, 0.2) is 24.3 Å². The molecule has 1 aromatic carbocycles. The molecule has 12 heteroatoms. The van der Waals surface area contributed by atoms with Crippen LogP contribution in [0.4, 0.5) is 22.0 Å². The third kappa shape index (κ3) is 4.14. The Morgan fingerprint density at radius 3 is 2.50 bits per heavy atom. The fraction of sp³-hybridized carbons (Fsp3) is 0.350. The number of hydrogen-bond donors (Lipinski definition) is 0. The molecule has 1 amide bonds. The smallest absolute Gasteiger partial charge is 0.335 e. The number of halogens is 6. The number of fused-ring (bicyclic) bond motifs is 1. The number of hydrogen-bond acceptors (Lipinski definition) is 4. The van der Waals surface area contributed by atoms with Gasteiger partial charge in [0.1, 0.15) is 10.7 Å². The van der Waals surface area contributed by atoms with Crippen molar-refractivity contribution in [3.63, 3.8) is 0 Å². The quantitative estimate of drug-likeness (QED) is 0.541. The fourth-order valence-corrected chi connectivity index (χ4v) is 3.86. The van der Waals surface area contributed by atoms with Crippen molar-refractivity contribution in [3.05, 3.63) is 63.6 Å². The van der Waals surface area contributed by atoms with Crippen molar-refractivity contribution >= 4 is 23.2 Å². The Balaban J connectivity index is 1.52. The van der Waals surface area contributed by atoms with E-state index in [1.54, 1.807) is 0 Å². The molecular formula is C20H17ClF5N5O. The number of carbonyl (C=O) groups excluding carboxylic acids is 1. The van der Waals surface area contributed by atoms with Crippen LogP contribution in [0.5, 0.6) is 0 Å². The molecule has 0 N–H and O–H groups in total. The fourth-order valence-electron chi connectivity index (χ4n) is 3.62. The van der Waals surface area contributed by atoms with Crippen molar-refractivity contribution in [3.8, 4) is 0 Å². The van der Waals surface area contributed by atoms with Gasteiger partial charge in [0.15, 0.2) is 23.0 Å². The van der Waals surface area contributed by atoms with Gasteiger partial charge in [0, 0.05) is 44.0 Å². The molecule has 170 valence electrons. The second kappa shape index (κ2) is 8.28. The molecule has 2 aromatic heterocycles. The predicted molar refractivity (Wildman–Crippen MR) is 105 cm³/mol. The summed E-state index contributed by atoms with van der Waals surface area (Å²) in [6.07, 6.45) is -4.71. The predicted octanol–water partition coefficient (Wildman–Crippen LogP) is 3.95. The molecule has 4 rings (SSSR count). The zero-order chi connectivity index (χ0) is 23.2. The third-order valence-electron chi connectivity index (χ3n) is 5.24. The van der Waals surface area contributed by atoms with Crippen LogP contribution in [-0.4, -0.2) is 56.5 Å². The molecule has 0 spiro atoms. The van der Waals surface area contributed by atoms with Gasteiger partial charge in [0.25, 0.3) is 5.91 Å². The minimum Gasteiger partial charge on any atom is -0.335 e. The summed E-state index contributed by atoms with van der Waals surface area (Å²) in [5.41, 5.74) is -1.36. The van der Waals surface area contributed by atoms with Crippen LogP contribution >= 0.6 is 11.6 Å². The topological polar surface area (TPSA) is 53.7 Å². The molecule has 3 aromatic rings. The summed E-state index contributed by atoms with van der Waals surface area (Å²) in [5, 5.41) is 3.55. The van der Waals surface area contributed by atoms with E-state index in [0.29, 0.717) is 17.6 Å². The van der Waals surface area contributed by atoms with Crippen LogP contribution in [-0.2, 0) is 12.7 Å². The molecule has 1 aliphatic rings. The van der Waals surface area contributed by atoms with Crippen LogP contribution in [0, 0.1) is 18.6 Å². The molecule has 1 aliphatic heterocycles. The average molecular weight is 474 g/mol. The molecule has 1 saturated heterocycles. The van der Waals surface area contributed by atoms with Gasteiger partial charge in [-0.15, -0.1) is 0 Å². The van der Waals surface area contributed by atoms with Gasteiger partial charge in [0.2, 0.25) is 0 Å². The summed E-state index contributed by atoms with van der Waals surface area (Å²) >= 11 is 6.19. The number of nitrogens with zero attached hydrogens (tertiary/aromatic N) is 5. The highest BCUT2D eigenvalue weighted by Gasteiger charge is 2.37. The first kappa shape index (κ1) is 22.4. The summed E-state index contributed by atoms with van der Waals surface area (Å²) in [4.78, 5) is 20.2. The molecule has 0 atom stereocenters. The molecule has 0 aliphatic carbocycles. The summed E-state index contributed by atoms with van der Waals surface area (Å²) in [7, 11) is 0. The normalized spacial score (nSPS) is 15.5. The molecular weight excluding hydrogens is 457 g/mol. The number of amides is 1. The van der Waals surface area contributed by atoms with Crippen molar-refractivity contribution in [1.82, 2.24) is 24.4 Å². The van der Waals surface area contributed by atoms with Gasteiger partial charge in [-0.1, -0.05) is 23.7 Å². The minimum absolute atomic E-state index is 0.0869. The molecule has 1 fully saturated rings. The largest absolute Gasteiger partial charge is 0.433 e. The molecule has 6 nitrogen and oxygen atoms in total. The highest BCUT2D eigenvalue weighted by Crippen LogP contribution is 2.32. The van der Waals surface area contributed by atoms with Crippen LogP contribution < -0.4 is 0 Å². The van der Waals surface area contributed by atoms with E-state index in [4.69, 9.17) is 11.6 Å². The van der Waals surface area contributed by atoms with Crippen molar-refractivity contribution in [2.45, 2.75) is 19.6 Å². The first-order chi connectivity index (χ1) is 15.1. The van der Waals surface area contributed by atoms with Crippen molar-refractivity contribution in [2.24, 2.45) is 0 Å². The van der Waals surface area contributed by atoms with Crippen molar-refractivity contribution in [2.75, 3.05) is 26.2 Å². The highest BCUT2D eigenvalue weighted by atomic mass is 35.5. The standard InChI is InChI=1S/C20H17ClF5N5O/c1-11-9-14(20(24,25)26)31-18(27-11)15(21)17(28-31)19(32)30-7-5-29(6-8-30)10-12-3-2-4-13(22)16(12)23/h2-4,9H,5-8,10H2,1H3. The number of piperazine rings is 1. The zero-order valence-corrected chi connectivity index (χ0v) is 17.5. The molecule has 0 radical (unpaired) electrons. The Morgan fingerprint density at radius 1 is 1.16 bits per heavy atom. The number of alkyl halides is 3. The van der Waals surface area contributed by atoms with Crippen LogP contribution in [0.25, 0.3) is 5.65 Å². The van der Waals surface area contributed by atoms with Crippen molar-refractivity contribution < 1.29 is 26.7 Å². The number of aromatic nitrogens is 3. The van der Waals surface area contributed by atoms with Crippen LogP contribution in [0.3, 0.4) is 0 Å².